The summed E-state index contributed by atoms with van der Waals surface area (Å²) in [6.07, 6.45) is 1.51. The summed E-state index contributed by atoms with van der Waals surface area (Å²) in [5.74, 6) is 0.415. The summed E-state index contributed by atoms with van der Waals surface area (Å²) in [6.45, 7) is 3.36. The Bertz CT molecular complexity index is 486. The van der Waals surface area contributed by atoms with Gasteiger partial charge in [-0.05, 0) is 44.4 Å². The van der Waals surface area contributed by atoms with E-state index in [1.165, 1.54) is 7.11 Å². The Morgan fingerprint density at radius 3 is 2.25 bits per heavy atom. The number of carbonyl (C=O) groups is 1. The van der Waals surface area contributed by atoms with Gasteiger partial charge in [0.15, 0.2) is 0 Å². The van der Waals surface area contributed by atoms with E-state index >= 15 is 0 Å². The van der Waals surface area contributed by atoms with Crippen LogP contribution in [0.5, 0.6) is 5.75 Å². The van der Waals surface area contributed by atoms with Crippen LogP contribution in [-0.2, 0) is 9.53 Å². The molecule has 1 aliphatic carbocycles. The molecule has 1 saturated carbocycles. The molecule has 1 aromatic rings. The summed E-state index contributed by atoms with van der Waals surface area (Å²) in [6, 6.07) is 7.65. The largest absolute Gasteiger partial charge is 0.497 e. The summed E-state index contributed by atoms with van der Waals surface area (Å²) in [5, 5.41) is 10.5. The minimum Gasteiger partial charge on any atom is -0.497 e. The number of methoxy groups -OCH3 is 2. The maximum Gasteiger partial charge on any atom is 0.315 e. The third kappa shape index (κ3) is 2.08. The van der Waals surface area contributed by atoms with E-state index in [9.17, 15) is 9.90 Å². The van der Waals surface area contributed by atoms with Gasteiger partial charge < -0.3 is 14.6 Å². The molecular formula is C16H22O4. The Kier molecular flexibility index (Phi) is 3.78. The van der Waals surface area contributed by atoms with Crippen molar-refractivity contribution in [2.45, 2.75) is 38.2 Å². The van der Waals surface area contributed by atoms with Crippen molar-refractivity contribution in [3.8, 4) is 5.75 Å². The van der Waals surface area contributed by atoms with E-state index in [0.717, 1.165) is 17.7 Å². The molecule has 20 heavy (non-hydrogen) atoms. The molecule has 1 aliphatic rings. The fourth-order valence-electron chi connectivity index (χ4n) is 3.27. The molecule has 2 rings (SSSR count). The van der Waals surface area contributed by atoms with Crippen LogP contribution < -0.4 is 4.74 Å². The van der Waals surface area contributed by atoms with Gasteiger partial charge in [-0.3, -0.25) is 4.79 Å². The quantitative estimate of drug-likeness (QED) is 0.860. The van der Waals surface area contributed by atoms with Crippen molar-refractivity contribution in [2.75, 3.05) is 14.2 Å². The first-order chi connectivity index (χ1) is 9.36. The van der Waals surface area contributed by atoms with E-state index in [2.05, 4.69) is 0 Å². The van der Waals surface area contributed by atoms with Crippen LogP contribution in [0.25, 0.3) is 0 Å². The zero-order valence-corrected chi connectivity index (χ0v) is 12.5. The minimum absolute atomic E-state index is 0.0270. The van der Waals surface area contributed by atoms with Gasteiger partial charge in [-0.25, -0.2) is 0 Å². The van der Waals surface area contributed by atoms with Crippen molar-refractivity contribution >= 4 is 5.97 Å². The monoisotopic (exact) mass is 278 g/mol. The zero-order valence-electron chi connectivity index (χ0n) is 12.5. The fourth-order valence-corrected chi connectivity index (χ4v) is 3.27. The highest BCUT2D eigenvalue weighted by molar-refractivity contribution is 5.81. The number of hydrogen-bond donors (Lipinski definition) is 1. The van der Waals surface area contributed by atoms with Gasteiger partial charge in [0, 0.05) is 5.92 Å². The number of aliphatic hydroxyl groups is 1. The smallest absolute Gasteiger partial charge is 0.315 e. The van der Waals surface area contributed by atoms with Gasteiger partial charge in [0.1, 0.15) is 11.2 Å². The van der Waals surface area contributed by atoms with Gasteiger partial charge in [-0.15, -0.1) is 0 Å². The maximum absolute atomic E-state index is 12.3. The lowest BCUT2D eigenvalue weighted by atomic mass is 9.51. The lowest BCUT2D eigenvalue weighted by molar-refractivity contribution is -0.186. The van der Waals surface area contributed by atoms with Gasteiger partial charge in [-0.2, -0.15) is 0 Å². The molecular weight excluding hydrogens is 256 g/mol. The lowest BCUT2D eigenvalue weighted by Gasteiger charge is -2.53. The molecule has 1 fully saturated rings. The second-order valence-electron chi connectivity index (χ2n) is 5.89. The minimum atomic E-state index is -1.12. The van der Waals surface area contributed by atoms with E-state index < -0.39 is 11.0 Å². The first-order valence-electron chi connectivity index (χ1n) is 6.81. The number of benzene rings is 1. The topological polar surface area (TPSA) is 55.8 Å². The summed E-state index contributed by atoms with van der Waals surface area (Å²) >= 11 is 0. The van der Waals surface area contributed by atoms with E-state index in [1.54, 1.807) is 21.0 Å². The van der Waals surface area contributed by atoms with Crippen LogP contribution in [0.2, 0.25) is 0 Å². The van der Waals surface area contributed by atoms with Crippen LogP contribution >= 0.6 is 0 Å². The first kappa shape index (κ1) is 14.9. The van der Waals surface area contributed by atoms with Crippen molar-refractivity contribution < 1.29 is 19.4 Å². The highest BCUT2D eigenvalue weighted by Crippen LogP contribution is 2.59. The van der Waals surface area contributed by atoms with Gasteiger partial charge >= 0.3 is 5.97 Å². The van der Waals surface area contributed by atoms with Crippen LogP contribution in [0, 0.1) is 5.41 Å². The Labute approximate surface area is 119 Å². The van der Waals surface area contributed by atoms with E-state index in [1.807, 2.05) is 24.3 Å². The molecule has 0 saturated heterocycles. The van der Waals surface area contributed by atoms with Crippen molar-refractivity contribution in [3.05, 3.63) is 29.8 Å². The van der Waals surface area contributed by atoms with Gasteiger partial charge in [0.2, 0.25) is 0 Å². The fraction of sp³-hybridized carbons (Fsp3) is 0.562. The van der Waals surface area contributed by atoms with Crippen molar-refractivity contribution in [2.24, 2.45) is 5.41 Å². The number of ether oxygens (including phenoxy) is 2. The molecule has 0 spiro atoms. The molecule has 110 valence electrons. The first-order valence-corrected chi connectivity index (χ1v) is 6.81. The van der Waals surface area contributed by atoms with Crippen LogP contribution in [-0.4, -0.2) is 30.9 Å². The van der Waals surface area contributed by atoms with Gasteiger partial charge in [0.05, 0.1) is 19.8 Å². The molecule has 0 radical (unpaired) electrons. The molecule has 0 heterocycles. The molecule has 0 amide bonds. The summed E-state index contributed by atoms with van der Waals surface area (Å²) < 4.78 is 10.1. The number of carbonyl (C=O) groups excluding carboxylic acids is 1. The average Bonchev–Trinajstić information content (AvgIpc) is 2.37. The molecule has 0 bridgehead atoms. The molecule has 4 heteroatoms. The zero-order chi connectivity index (χ0) is 15.0. The second kappa shape index (κ2) is 5.09. The van der Waals surface area contributed by atoms with E-state index in [0.29, 0.717) is 6.42 Å². The van der Waals surface area contributed by atoms with Crippen LogP contribution in [0.4, 0.5) is 0 Å². The number of rotatable bonds is 4. The lowest BCUT2D eigenvalue weighted by Crippen LogP contribution is -2.59. The Hall–Kier alpha value is -1.55. The highest BCUT2D eigenvalue weighted by Gasteiger charge is 2.62. The van der Waals surface area contributed by atoms with Crippen molar-refractivity contribution in [1.29, 1.82) is 0 Å². The second-order valence-corrected chi connectivity index (χ2v) is 5.89. The number of hydrogen-bond acceptors (Lipinski definition) is 4. The third-order valence-electron chi connectivity index (χ3n) is 4.58. The Morgan fingerprint density at radius 1 is 1.30 bits per heavy atom. The van der Waals surface area contributed by atoms with E-state index in [4.69, 9.17) is 9.47 Å². The predicted octanol–water partition coefficient (Wildman–Crippen LogP) is 2.50. The molecule has 1 unspecified atom stereocenters. The number of esters is 1. The molecule has 1 N–H and O–H groups in total. The summed E-state index contributed by atoms with van der Waals surface area (Å²) in [7, 11) is 2.99. The van der Waals surface area contributed by atoms with Gasteiger partial charge in [0.25, 0.3) is 0 Å². The van der Waals surface area contributed by atoms with Crippen LogP contribution in [0.15, 0.2) is 24.3 Å². The summed E-state index contributed by atoms with van der Waals surface area (Å²) in [4.78, 5) is 12.3. The van der Waals surface area contributed by atoms with Gasteiger partial charge in [-0.1, -0.05) is 12.1 Å². The van der Waals surface area contributed by atoms with E-state index in [-0.39, 0.29) is 11.9 Å². The standard InChI is InChI=1S/C16H22O4/c1-15(2,18)16(14(17)20-4)10-9-13(16)11-5-7-12(19-3)8-6-11/h5-8,13,18H,9-10H2,1-4H3/t13-,16?/m1/s1. The molecule has 0 aliphatic heterocycles. The average molecular weight is 278 g/mol. The van der Waals surface area contributed by atoms with Crippen molar-refractivity contribution in [1.82, 2.24) is 0 Å². The highest BCUT2D eigenvalue weighted by atomic mass is 16.5. The maximum atomic E-state index is 12.3. The Morgan fingerprint density at radius 2 is 1.90 bits per heavy atom. The predicted molar refractivity (Wildman–Crippen MR) is 75.7 cm³/mol. The third-order valence-corrected chi connectivity index (χ3v) is 4.58. The Balaban J connectivity index is 2.37. The van der Waals surface area contributed by atoms with Crippen molar-refractivity contribution in [3.63, 3.8) is 0 Å². The molecule has 4 nitrogen and oxygen atoms in total. The molecule has 2 atom stereocenters. The van der Waals surface area contributed by atoms with Crippen LogP contribution in [0.1, 0.15) is 38.2 Å². The molecule has 1 aromatic carbocycles. The van der Waals surface area contributed by atoms with Crippen LogP contribution in [0.3, 0.4) is 0 Å². The normalized spacial score (nSPS) is 25.8. The summed E-state index contributed by atoms with van der Waals surface area (Å²) in [5.41, 5.74) is -0.955. The SMILES string of the molecule is COC(=O)C1(C(C)(C)O)CC[C@@H]1c1ccc(OC)cc1. The molecule has 0 aromatic heterocycles.